The highest BCUT2D eigenvalue weighted by Crippen LogP contribution is 2.24. The fourth-order valence-electron chi connectivity index (χ4n) is 2.15. The largest absolute Gasteiger partial charge is 0.398 e. The van der Waals surface area contributed by atoms with Gasteiger partial charge in [-0.3, -0.25) is 0 Å². The maximum absolute atomic E-state index is 12.1. The Morgan fingerprint density at radius 2 is 1.88 bits per heavy atom. The van der Waals surface area contributed by atoms with E-state index in [9.17, 15) is 8.42 Å². The summed E-state index contributed by atoms with van der Waals surface area (Å²) in [6.07, 6.45) is 6.54. The first kappa shape index (κ1) is 12.9. The van der Waals surface area contributed by atoms with Crippen molar-refractivity contribution in [3.8, 4) is 0 Å². The van der Waals surface area contributed by atoms with E-state index in [2.05, 4.69) is 4.72 Å². The van der Waals surface area contributed by atoms with Crippen LogP contribution in [0.3, 0.4) is 0 Å². The number of anilines is 1. The molecule has 0 atom stereocenters. The van der Waals surface area contributed by atoms with Crippen LogP contribution >= 0.6 is 11.3 Å². The minimum atomic E-state index is -3.37. The summed E-state index contributed by atoms with van der Waals surface area (Å²) in [5.74, 6) is 0. The summed E-state index contributed by atoms with van der Waals surface area (Å²) in [5, 5.41) is 1.65. The molecule has 0 spiro atoms. The molecule has 0 bridgehead atoms. The smallest absolute Gasteiger partial charge is 0.250 e. The maximum Gasteiger partial charge on any atom is 0.250 e. The second-order valence-corrected chi connectivity index (χ2v) is 7.36. The highest BCUT2D eigenvalue weighted by atomic mass is 32.2. The number of nitrogens with one attached hydrogen (secondary N) is 1. The summed E-state index contributed by atoms with van der Waals surface area (Å²) in [6.45, 7) is 0. The van der Waals surface area contributed by atoms with Crippen molar-refractivity contribution in [2.45, 2.75) is 48.8 Å². The minimum Gasteiger partial charge on any atom is -0.398 e. The number of sulfonamides is 1. The van der Waals surface area contributed by atoms with Crippen LogP contribution in [-0.2, 0) is 10.0 Å². The monoisotopic (exact) mass is 274 g/mol. The molecule has 3 N–H and O–H groups in total. The molecule has 0 radical (unpaired) electrons. The average molecular weight is 274 g/mol. The molecule has 4 nitrogen and oxygen atoms in total. The van der Waals surface area contributed by atoms with Crippen molar-refractivity contribution in [2.75, 3.05) is 5.73 Å². The van der Waals surface area contributed by atoms with Crippen molar-refractivity contribution in [3.05, 3.63) is 11.4 Å². The molecule has 17 heavy (non-hydrogen) atoms. The van der Waals surface area contributed by atoms with Crippen LogP contribution < -0.4 is 10.5 Å². The van der Waals surface area contributed by atoms with Crippen molar-refractivity contribution in [3.63, 3.8) is 0 Å². The summed E-state index contributed by atoms with van der Waals surface area (Å²) in [7, 11) is -3.37. The molecule has 1 heterocycles. The number of nitrogens with two attached hydrogens (primary N) is 1. The molecule has 1 aliphatic rings. The van der Waals surface area contributed by atoms with Gasteiger partial charge in [0.2, 0.25) is 10.0 Å². The lowest BCUT2D eigenvalue weighted by molar-refractivity contribution is 0.511. The molecule has 0 saturated heterocycles. The van der Waals surface area contributed by atoms with E-state index in [1.807, 2.05) is 0 Å². The van der Waals surface area contributed by atoms with Crippen LogP contribution in [0.1, 0.15) is 38.5 Å². The van der Waals surface area contributed by atoms with E-state index in [-0.39, 0.29) is 6.04 Å². The highest BCUT2D eigenvalue weighted by molar-refractivity contribution is 7.91. The molecule has 1 saturated carbocycles. The SMILES string of the molecule is Nc1csc(S(=O)(=O)NC2CCCCCC2)c1. The molecule has 6 heteroatoms. The third-order valence-corrected chi connectivity index (χ3v) is 6.02. The van der Waals surface area contributed by atoms with Crippen molar-refractivity contribution >= 4 is 27.0 Å². The van der Waals surface area contributed by atoms with Gasteiger partial charge < -0.3 is 5.73 Å². The van der Waals surface area contributed by atoms with E-state index in [1.54, 1.807) is 5.38 Å². The Balaban J connectivity index is 2.06. The minimum absolute atomic E-state index is 0.0887. The van der Waals surface area contributed by atoms with Gasteiger partial charge in [0.25, 0.3) is 0 Å². The Labute approximate surface area is 106 Å². The molecule has 2 rings (SSSR count). The Hall–Kier alpha value is -0.590. The zero-order valence-corrected chi connectivity index (χ0v) is 11.3. The Bertz CT molecular complexity index is 460. The fraction of sp³-hybridized carbons (Fsp3) is 0.636. The summed E-state index contributed by atoms with van der Waals surface area (Å²) < 4.78 is 27.3. The van der Waals surface area contributed by atoms with Gasteiger partial charge in [0, 0.05) is 17.1 Å². The lowest BCUT2D eigenvalue weighted by Crippen LogP contribution is -2.33. The summed E-state index contributed by atoms with van der Waals surface area (Å²) in [6, 6.07) is 1.61. The van der Waals surface area contributed by atoms with Crippen molar-refractivity contribution in [2.24, 2.45) is 0 Å². The Morgan fingerprint density at radius 1 is 1.24 bits per heavy atom. The number of rotatable bonds is 3. The molecule has 96 valence electrons. The quantitative estimate of drug-likeness (QED) is 0.831. The van der Waals surface area contributed by atoms with Crippen LogP contribution in [0.4, 0.5) is 5.69 Å². The summed E-state index contributed by atoms with van der Waals surface area (Å²) >= 11 is 1.17. The second-order valence-electron chi connectivity index (χ2n) is 4.51. The summed E-state index contributed by atoms with van der Waals surface area (Å²) in [4.78, 5) is 0. The van der Waals surface area contributed by atoms with E-state index in [1.165, 1.54) is 30.2 Å². The van der Waals surface area contributed by atoms with Gasteiger partial charge in [-0.05, 0) is 18.9 Å². The van der Waals surface area contributed by atoms with E-state index in [4.69, 9.17) is 5.73 Å². The van der Waals surface area contributed by atoms with E-state index >= 15 is 0 Å². The average Bonchev–Trinajstić information content (AvgIpc) is 2.55. The van der Waals surface area contributed by atoms with Crippen molar-refractivity contribution < 1.29 is 8.42 Å². The van der Waals surface area contributed by atoms with E-state index < -0.39 is 10.0 Å². The zero-order valence-electron chi connectivity index (χ0n) is 9.69. The van der Waals surface area contributed by atoms with Crippen molar-refractivity contribution in [1.82, 2.24) is 4.72 Å². The Kier molecular flexibility index (Phi) is 4.06. The summed E-state index contributed by atoms with van der Waals surface area (Å²) in [5.41, 5.74) is 6.06. The van der Waals surface area contributed by atoms with Crippen LogP contribution in [0, 0.1) is 0 Å². The number of thiophene rings is 1. The predicted molar refractivity (Wildman–Crippen MR) is 70.5 cm³/mol. The first-order chi connectivity index (χ1) is 8.08. The van der Waals surface area contributed by atoms with Gasteiger partial charge in [0.1, 0.15) is 4.21 Å². The lowest BCUT2D eigenvalue weighted by atomic mass is 10.1. The highest BCUT2D eigenvalue weighted by Gasteiger charge is 2.22. The molecule has 1 aromatic heterocycles. The second kappa shape index (κ2) is 5.37. The van der Waals surface area contributed by atoms with Crippen LogP contribution in [-0.4, -0.2) is 14.5 Å². The fourth-order valence-corrected chi connectivity index (χ4v) is 4.55. The van der Waals surface area contributed by atoms with Gasteiger partial charge in [-0.15, -0.1) is 11.3 Å². The molecule has 1 fully saturated rings. The molecular weight excluding hydrogens is 256 g/mol. The molecular formula is C11H18N2O2S2. The number of hydrogen-bond donors (Lipinski definition) is 2. The van der Waals surface area contributed by atoms with Crippen LogP contribution in [0.25, 0.3) is 0 Å². The van der Waals surface area contributed by atoms with Crippen LogP contribution in [0.2, 0.25) is 0 Å². The van der Waals surface area contributed by atoms with E-state index in [0.29, 0.717) is 9.90 Å². The van der Waals surface area contributed by atoms with Gasteiger partial charge in [-0.25, -0.2) is 13.1 Å². The maximum atomic E-state index is 12.1. The molecule has 0 unspecified atom stereocenters. The lowest BCUT2D eigenvalue weighted by Gasteiger charge is -2.15. The third-order valence-electron chi connectivity index (χ3n) is 3.04. The number of hydrogen-bond acceptors (Lipinski definition) is 4. The van der Waals surface area contributed by atoms with Gasteiger partial charge in [-0.1, -0.05) is 25.7 Å². The van der Waals surface area contributed by atoms with Crippen LogP contribution in [0.5, 0.6) is 0 Å². The normalized spacial score (nSPS) is 19.1. The predicted octanol–water partition coefficient (Wildman–Crippen LogP) is 2.33. The van der Waals surface area contributed by atoms with Crippen LogP contribution in [0.15, 0.2) is 15.7 Å². The standard InChI is InChI=1S/C11H18N2O2S2/c12-9-7-11(16-8-9)17(14,15)13-10-5-3-1-2-4-6-10/h7-8,10,13H,1-6,12H2. The first-order valence-electron chi connectivity index (χ1n) is 5.94. The van der Waals surface area contributed by atoms with Gasteiger partial charge >= 0.3 is 0 Å². The molecule has 0 aromatic carbocycles. The number of nitrogen functional groups attached to an aromatic ring is 1. The van der Waals surface area contributed by atoms with Crippen molar-refractivity contribution in [1.29, 1.82) is 0 Å². The molecule has 0 aliphatic heterocycles. The van der Waals surface area contributed by atoms with Gasteiger partial charge in [-0.2, -0.15) is 0 Å². The molecule has 0 amide bonds. The topological polar surface area (TPSA) is 72.2 Å². The van der Waals surface area contributed by atoms with Gasteiger partial charge in [0.05, 0.1) is 0 Å². The zero-order chi connectivity index (χ0) is 12.3. The van der Waals surface area contributed by atoms with E-state index in [0.717, 1.165) is 25.7 Å². The molecule has 1 aromatic rings. The Morgan fingerprint density at radius 3 is 2.41 bits per heavy atom. The molecule has 1 aliphatic carbocycles. The third kappa shape index (κ3) is 3.43. The van der Waals surface area contributed by atoms with Gasteiger partial charge in [0.15, 0.2) is 0 Å². The first-order valence-corrected chi connectivity index (χ1v) is 8.30.